The summed E-state index contributed by atoms with van der Waals surface area (Å²) in [6, 6.07) is 8.79. The third-order valence-electron chi connectivity index (χ3n) is 4.32. The lowest BCUT2D eigenvalue weighted by atomic mass is 10.2. The molecular weight excluding hydrogens is 354 g/mol. The van der Waals surface area contributed by atoms with Crippen LogP contribution in [0.25, 0.3) is 11.2 Å². The van der Waals surface area contributed by atoms with E-state index in [4.69, 9.17) is 4.74 Å². The standard InChI is InChI=1S/C17H17N5O4.H2O/c23-7-12-11(24)6-13(26-12)22-9-20-14-15(18-8-19-16(14)22)21-17(25)10-4-2-1-3-5-10;/h1-5,8-9,11-13,23-24H,6-7H2,(H,18,19,21,25);1H2. The van der Waals surface area contributed by atoms with Gasteiger partial charge in [0.1, 0.15) is 18.7 Å². The first-order valence-electron chi connectivity index (χ1n) is 8.15. The summed E-state index contributed by atoms with van der Waals surface area (Å²) in [5, 5.41) is 21.9. The van der Waals surface area contributed by atoms with Crippen molar-refractivity contribution in [3.63, 3.8) is 0 Å². The van der Waals surface area contributed by atoms with E-state index in [1.54, 1.807) is 28.8 Å². The number of aromatic nitrogens is 4. The smallest absolute Gasteiger partial charge is 0.256 e. The maximum absolute atomic E-state index is 12.4. The third kappa shape index (κ3) is 3.51. The van der Waals surface area contributed by atoms with Gasteiger partial charge in [-0.15, -0.1) is 0 Å². The lowest BCUT2D eigenvalue weighted by Gasteiger charge is -2.13. The van der Waals surface area contributed by atoms with Gasteiger partial charge in [0.05, 0.1) is 19.0 Å². The molecule has 27 heavy (non-hydrogen) atoms. The molecule has 5 N–H and O–H groups in total. The molecule has 10 heteroatoms. The number of aliphatic hydroxyl groups is 2. The normalized spacial score (nSPS) is 21.8. The Hall–Kier alpha value is -2.92. The first kappa shape index (κ1) is 18.9. The zero-order valence-electron chi connectivity index (χ0n) is 14.2. The first-order chi connectivity index (χ1) is 12.7. The molecule has 3 heterocycles. The number of ether oxygens (including phenoxy) is 1. The molecule has 0 saturated carbocycles. The lowest BCUT2D eigenvalue weighted by molar-refractivity contribution is -0.0432. The Morgan fingerprint density at radius 3 is 2.74 bits per heavy atom. The fraction of sp³-hybridized carbons (Fsp3) is 0.294. The molecule has 1 aliphatic heterocycles. The van der Waals surface area contributed by atoms with E-state index in [0.717, 1.165) is 0 Å². The summed E-state index contributed by atoms with van der Waals surface area (Å²) in [6.45, 7) is -0.266. The van der Waals surface area contributed by atoms with Crippen LogP contribution in [-0.2, 0) is 4.74 Å². The van der Waals surface area contributed by atoms with Gasteiger partial charge < -0.3 is 25.7 Å². The minimum Gasteiger partial charge on any atom is -0.412 e. The molecule has 0 spiro atoms. The van der Waals surface area contributed by atoms with Gasteiger partial charge in [-0.1, -0.05) is 18.2 Å². The molecule has 3 unspecified atom stereocenters. The second-order valence-electron chi connectivity index (χ2n) is 5.98. The average molecular weight is 373 g/mol. The topological polar surface area (TPSA) is 154 Å². The van der Waals surface area contributed by atoms with Gasteiger partial charge in [-0.25, -0.2) is 15.0 Å². The van der Waals surface area contributed by atoms with Crippen molar-refractivity contribution in [2.75, 3.05) is 11.9 Å². The largest absolute Gasteiger partial charge is 0.412 e. The molecule has 0 aliphatic carbocycles. The lowest BCUT2D eigenvalue weighted by Crippen LogP contribution is -2.24. The number of rotatable bonds is 4. The monoisotopic (exact) mass is 373 g/mol. The number of anilines is 1. The Morgan fingerprint density at radius 2 is 2.04 bits per heavy atom. The van der Waals surface area contributed by atoms with Crippen LogP contribution in [0.2, 0.25) is 0 Å². The summed E-state index contributed by atoms with van der Waals surface area (Å²) < 4.78 is 7.30. The molecule has 10 nitrogen and oxygen atoms in total. The van der Waals surface area contributed by atoms with E-state index in [1.165, 1.54) is 12.7 Å². The first-order valence-corrected chi connectivity index (χ1v) is 8.15. The molecule has 1 amide bonds. The summed E-state index contributed by atoms with van der Waals surface area (Å²) in [5.41, 5.74) is 1.40. The van der Waals surface area contributed by atoms with E-state index in [9.17, 15) is 15.0 Å². The number of nitrogens with one attached hydrogen (secondary N) is 1. The fourth-order valence-corrected chi connectivity index (χ4v) is 2.97. The van der Waals surface area contributed by atoms with Crippen molar-refractivity contribution in [3.8, 4) is 0 Å². The Kier molecular flexibility index (Phi) is 5.42. The van der Waals surface area contributed by atoms with Crippen LogP contribution < -0.4 is 5.32 Å². The van der Waals surface area contributed by atoms with Gasteiger partial charge in [0.2, 0.25) is 0 Å². The Balaban J connectivity index is 0.00000210. The van der Waals surface area contributed by atoms with Gasteiger partial charge in [0, 0.05) is 12.0 Å². The van der Waals surface area contributed by atoms with Crippen molar-refractivity contribution < 1.29 is 25.2 Å². The van der Waals surface area contributed by atoms with Gasteiger partial charge in [-0.2, -0.15) is 0 Å². The fourth-order valence-electron chi connectivity index (χ4n) is 2.97. The highest BCUT2D eigenvalue weighted by atomic mass is 16.5. The molecule has 3 atom stereocenters. The molecule has 142 valence electrons. The summed E-state index contributed by atoms with van der Waals surface area (Å²) in [6.07, 6.45) is 1.26. The summed E-state index contributed by atoms with van der Waals surface area (Å²) in [5.74, 6) is -0.00658. The second kappa shape index (κ2) is 7.76. The molecule has 1 saturated heterocycles. The number of aliphatic hydroxyl groups excluding tert-OH is 2. The summed E-state index contributed by atoms with van der Waals surface area (Å²) in [7, 11) is 0. The average Bonchev–Trinajstić information content (AvgIpc) is 3.26. The van der Waals surface area contributed by atoms with Crippen molar-refractivity contribution in [2.45, 2.75) is 24.9 Å². The van der Waals surface area contributed by atoms with Crippen LogP contribution in [0, 0.1) is 0 Å². The van der Waals surface area contributed by atoms with Crippen molar-refractivity contribution >= 4 is 22.9 Å². The molecular formula is C17H19N5O5. The molecule has 0 radical (unpaired) electrons. The van der Waals surface area contributed by atoms with Crippen molar-refractivity contribution in [1.82, 2.24) is 19.5 Å². The van der Waals surface area contributed by atoms with E-state index in [2.05, 4.69) is 20.3 Å². The van der Waals surface area contributed by atoms with Gasteiger partial charge in [0.25, 0.3) is 5.91 Å². The molecule has 2 aromatic heterocycles. The number of carbonyl (C=O) groups is 1. The zero-order chi connectivity index (χ0) is 18.1. The number of carbonyl (C=O) groups excluding carboxylic acids is 1. The number of imidazole rings is 1. The number of hydrogen-bond acceptors (Lipinski definition) is 7. The molecule has 1 aliphatic rings. The van der Waals surface area contributed by atoms with E-state index in [1.807, 2.05) is 6.07 Å². The van der Waals surface area contributed by atoms with Crippen LogP contribution in [0.15, 0.2) is 43.0 Å². The van der Waals surface area contributed by atoms with Crippen molar-refractivity contribution in [2.24, 2.45) is 0 Å². The van der Waals surface area contributed by atoms with Crippen LogP contribution in [0.3, 0.4) is 0 Å². The highest BCUT2D eigenvalue weighted by Crippen LogP contribution is 2.31. The van der Waals surface area contributed by atoms with Crippen LogP contribution >= 0.6 is 0 Å². The van der Waals surface area contributed by atoms with Crippen LogP contribution in [0.4, 0.5) is 5.82 Å². The molecule has 0 bridgehead atoms. The second-order valence-corrected chi connectivity index (χ2v) is 5.98. The van der Waals surface area contributed by atoms with Gasteiger partial charge >= 0.3 is 0 Å². The SMILES string of the molecule is O.O=C(Nc1ncnc2c1ncn2C1CC(O)C(CO)O1)c1ccccc1. The summed E-state index contributed by atoms with van der Waals surface area (Å²) >= 11 is 0. The summed E-state index contributed by atoms with van der Waals surface area (Å²) in [4.78, 5) is 25.0. The van der Waals surface area contributed by atoms with Gasteiger partial charge in [0.15, 0.2) is 17.0 Å². The Bertz CT molecular complexity index is 932. The molecule has 3 aromatic rings. The van der Waals surface area contributed by atoms with E-state index in [0.29, 0.717) is 29.0 Å². The van der Waals surface area contributed by atoms with E-state index in [-0.39, 0.29) is 18.0 Å². The molecule has 1 aromatic carbocycles. The number of benzene rings is 1. The third-order valence-corrected chi connectivity index (χ3v) is 4.32. The Labute approximate surface area is 153 Å². The number of fused-ring (bicyclic) bond motifs is 1. The minimum atomic E-state index is -0.762. The van der Waals surface area contributed by atoms with Crippen LogP contribution in [0.1, 0.15) is 23.0 Å². The zero-order valence-corrected chi connectivity index (χ0v) is 14.2. The highest BCUT2D eigenvalue weighted by Gasteiger charge is 2.35. The minimum absolute atomic E-state index is 0. The van der Waals surface area contributed by atoms with Crippen molar-refractivity contribution in [1.29, 1.82) is 0 Å². The van der Waals surface area contributed by atoms with E-state index < -0.39 is 18.4 Å². The van der Waals surface area contributed by atoms with Gasteiger partial charge in [-0.05, 0) is 12.1 Å². The maximum Gasteiger partial charge on any atom is 0.256 e. The Morgan fingerprint density at radius 1 is 1.26 bits per heavy atom. The molecule has 4 rings (SSSR count). The van der Waals surface area contributed by atoms with Crippen LogP contribution in [0.5, 0.6) is 0 Å². The quantitative estimate of drug-likeness (QED) is 0.576. The van der Waals surface area contributed by atoms with E-state index >= 15 is 0 Å². The molecule has 1 fully saturated rings. The highest BCUT2D eigenvalue weighted by molar-refractivity contribution is 6.06. The number of nitrogens with zero attached hydrogens (tertiary/aromatic N) is 4. The maximum atomic E-state index is 12.4. The van der Waals surface area contributed by atoms with Crippen LogP contribution in [-0.4, -0.2) is 59.9 Å². The predicted octanol–water partition coefficient (Wildman–Crippen LogP) is -0.105. The van der Waals surface area contributed by atoms with Crippen molar-refractivity contribution in [3.05, 3.63) is 48.5 Å². The number of amides is 1. The van der Waals surface area contributed by atoms with Gasteiger partial charge in [-0.3, -0.25) is 9.36 Å². The number of hydrogen-bond donors (Lipinski definition) is 3. The predicted molar refractivity (Wildman–Crippen MR) is 95.0 cm³/mol.